The van der Waals surface area contributed by atoms with E-state index in [1.807, 2.05) is 6.92 Å². The average Bonchev–Trinajstić information content (AvgIpc) is 3.65. The largest absolute Gasteiger partial charge is 0.493 e. The van der Waals surface area contributed by atoms with Crippen LogP contribution in [0.4, 0.5) is 11.4 Å². The number of hydrogen-bond acceptors (Lipinski definition) is 14. The van der Waals surface area contributed by atoms with Gasteiger partial charge in [0.05, 0.1) is 74.3 Å². The predicted octanol–water partition coefficient (Wildman–Crippen LogP) is 3.88. The first-order valence-electron chi connectivity index (χ1n) is 16.6. The van der Waals surface area contributed by atoms with Gasteiger partial charge < -0.3 is 38.8 Å². The molecule has 2 aliphatic rings. The van der Waals surface area contributed by atoms with Gasteiger partial charge in [0.15, 0.2) is 28.8 Å². The molecular weight excluding hydrogens is 674 g/mol. The first kappa shape index (κ1) is 38.8. The fourth-order valence-electron chi connectivity index (χ4n) is 6.57. The number of carbonyl (C=O) groups excluding carboxylic acids is 3. The van der Waals surface area contributed by atoms with Crippen LogP contribution in [0.5, 0.6) is 23.0 Å². The molecule has 17 heteroatoms. The quantitative estimate of drug-likeness (QED) is 0.0779. The van der Waals surface area contributed by atoms with E-state index in [1.165, 1.54) is 26.4 Å². The summed E-state index contributed by atoms with van der Waals surface area (Å²) in [5.74, 6) is -1.61. The van der Waals surface area contributed by atoms with E-state index in [-0.39, 0.29) is 78.6 Å². The van der Waals surface area contributed by atoms with Crippen molar-refractivity contribution in [3.8, 4) is 23.0 Å². The van der Waals surface area contributed by atoms with Gasteiger partial charge in [-0.2, -0.15) is 0 Å². The van der Waals surface area contributed by atoms with Crippen molar-refractivity contribution in [1.29, 1.82) is 0 Å². The number of nitro benzene ring substituents is 2. The zero-order valence-corrected chi connectivity index (χ0v) is 28.9. The number of amides is 1. The monoisotopic (exact) mass is 717 g/mol. The van der Waals surface area contributed by atoms with E-state index in [4.69, 9.17) is 23.7 Å². The predicted molar refractivity (Wildman–Crippen MR) is 178 cm³/mol. The number of aliphatic hydroxyl groups is 2. The van der Waals surface area contributed by atoms with Crippen LogP contribution in [0.3, 0.4) is 0 Å². The number of nitrogens with zero attached hydrogens (tertiary/aromatic N) is 3. The summed E-state index contributed by atoms with van der Waals surface area (Å²) in [5.41, 5.74) is -1.40. The Balaban J connectivity index is 1.34. The fraction of sp³-hybridized carbons (Fsp3) is 0.559. The van der Waals surface area contributed by atoms with Crippen molar-refractivity contribution in [2.75, 3.05) is 41.1 Å². The van der Waals surface area contributed by atoms with Crippen molar-refractivity contribution in [3.63, 3.8) is 0 Å². The van der Waals surface area contributed by atoms with Gasteiger partial charge in [0.25, 0.3) is 17.3 Å². The van der Waals surface area contributed by atoms with Crippen LogP contribution < -0.4 is 18.9 Å². The highest BCUT2D eigenvalue weighted by Crippen LogP contribution is 2.40. The van der Waals surface area contributed by atoms with E-state index in [1.54, 1.807) is 0 Å². The Kier molecular flexibility index (Phi) is 13.1. The number of benzene rings is 2. The second-order valence-corrected chi connectivity index (χ2v) is 12.7. The molecule has 1 saturated heterocycles. The Labute approximate surface area is 293 Å². The number of esters is 1. The third kappa shape index (κ3) is 9.21. The van der Waals surface area contributed by atoms with Crippen LogP contribution >= 0.6 is 0 Å². The molecule has 2 N–H and O–H groups in total. The minimum Gasteiger partial charge on any atom is -0.493 e. The number of methoxy groups -OCH3 is 3. The maximum atomic E-state index is 13.3. The Hall–Kier alpha value is -5.03. The molecule has 2 aromatic carbocycles. The van der Waals surface area contributed by atoms with Crippen molar-refractivity contribution in [1.82, 2.24) is 4.90 Å². The maximum Gasteiger partial charge on any atom is 0.328 e. The highest BCUT2D eigenvalue weighted by Gasteiger charge is 2.42. The molecule has 2 fully saturated rings. The number of β-amino-alcohol motifs (C(OH)–C–C–N with tert-alkyl or cyclic N) is 1. The zero-order valence-electron chi connectivity index (χ0n) is 28.9. The van der Waals surface area contributed by atoms with E-state index < -0.39 is 57.1 Å². The summed E-state index contributed by atoms with van der Waals surface area (Å²) in [4.78, 5) is 62.1. The van der Waals surface area contributed by atoms with Crippen molar-refractivity contribution in [2.45, 2.75) is 70.1 Å². The number of Topliss-reactive ketones (excluding diaryl/α,β-unsaturated/α-hetero) is 1. The standard InChI is InChI=1S/C34H43N3O14/c1-19-10-21(38)11-20(19)12-28(40)23-14-29(47-2)31(16-25(23)36(43)44)50-8-6-5-7-9-51-32-17-26(37(45)46)24(15-30(32)48-3)33(41)35-18-22(39)13-27(35)34(42)49-4/h14-17,19-22,27,38-39H,5-13,18H2,1-4H3. The summed E-state index contributed by atoms with van der Waals surface area (Å²) in [6, 6.07) is 3.62. The maximum absolute atomic E-state index is 13.3. The van der Waals surface area contributed by atoms with Gasteiger partial charge >= 0.3 is 5.97 Å². The van der Waals surface area contributed by atoms with Gasteiger partial charge in [0.1, 0.15) is 11.6 Å². The molecular formula is C34H43N3O14. The normalized spacial score (nSPS) is 21.2. The molecule has 0 bridgehead atoms. The molecule has 0 aromatic heterocycles. The van der Waals surface area contributed by atoms with E-state index in [0.717, 1.165) is 24.1 Å². The number of rotatable bonds is 17. The first-order chi connectivity index (χ1) is 24.3. The average molecular weight is 718 g/mol. The Morgan fingerprint density at radius 3 is 1.82 bits per heavy atom. The summed E-state index contributed by atoms with van der Waals surface area (Å²) < 4.78 is 27.0. The third-order valence-electron chi connectivity index (χ3n) is 9.28. The van der Waals surface area contributed by atoms with Crippen molar-refractivity contribution >= 4 is 29.0 Å². The lowest BCUT2D eigenvalue weighted by atomic mass is 9.90. The summed E-state index contributed by atoms with van der Waals surface area (Å²) in [7, 11) is 3.81. The van der Waals surface area contributed by atoms with Crippen LogP contribution in [-0.2, 0) is 9.53 Å². The van der Waals surface area contributed by atoms with Gasteiger partial charge in [0.2, 0.25) is 0 Å². The fourth-order valence-corrected chi connectivity index (χ4v) is 6.57. The minimum absolute atomic E-state index is 0.0215. The number of aliphatic hydroxyl groups excluding tert-OH is 2. The molecule has 278 valence electrons. The van der Waals surface area contributed by atoms with Crippen LogP contribution in [0.25, 0.3) is 0 Å². The molecule has 1 aliphatic carbocycles. The molecule has 0 radical (unpaired) electrons. The smallest absolute Gasteiger partial charge is 0.328 e. The van der Waals surface area contributed by atoms with Crippen molar-refractivity contribution in [2.24, 2.45) is 11.8 Å². The van der Waals surface area contributed by atoms with Crippen LogP contribution in [0.2, 0.25) is 0 Å². The van der Waals surface area contributed by atoms with E-state index in [2.05, 4.69) is 0 Å². The van der Waals surface area contributed by atoms with E-state index in [0.29, 0.717) is 32.1 Å². The van der Waals surface area contributed by atoms with Gasteiger partial charge in [0, 0.05) is 31.5 Å². The first-order valence-corrected chi connectivity index (χ1v) is 16.6. The molecule has 1 amide bonds. The number of nitro groups is 2. The molecule has 1 heterocycles. The highest BCUT2D eigenvalue weighted by molar-refractivity contribution is 6.02. The van der Waals surface area contributed by atoms with Crippen LogP contribution in [-0.4, -0.2) is 102 Å². The summed E-state index contributed by atoms with van der Waals surface area (Å²) in [6.45, 7) is 2.01. The molecule has 1 aliphatic heterocycles. The molecule has 4 rings (SSSR count). The molecule has 2 aromatic rings. The summed E-state index contributed by atoms with van der Waals surface area (Å²) in [6.07, 6.45) is 1.12. The van der Waals surface area contributed by atoms with Gasteiger partial charge in [-0.3, -0.25) is 29.8 Å². The van der Waals surface area contributed by atoms with Crippen molar-refractivity contribution < 1.29 is 58.1 Å². The number of likely N-dealkylation sites (tertiary alicyclic amines) is 1. The number of unbranched alkanes of at least 4 members (excludes halogenated alkanes) is 2. The van der Waals surface area contributed by atoms with E-state index in [9.17, 15) is 44.8 Å². The minimum atomic E-state index is -1.10. The van der Waals surface area contributed by atoms with Crippen LogP contribution in [0, 0.1) is 32.1 Å². The number of ketones is 1. The lowest BCUT2D eigenvalue weighted by Crippen LogP contribution is -2.41. The number of ether oxygens (including phenoxy) is 5. The molecule has 51 heavy (non-hydrogen) atoms. The van der Waals surface area contributed by atoms with Gasteiger partial charge in [-0.05, 0) is 43.9 Å². The van der Waals surface area contributed by atoms with Gasteiger partial charge in [-0.25, -0.2) is 4.79 Å². The Morgan fingerprint density at radius 2 is 1.33 bits per heavy atom. The second kappa shape index (κ2) is 17.3. The zero-order chi connectivity index (χ0) is 37.4. The molecule has 5 unspecified atom stereocenters. The van der Waals surface area contributed by atoms with Gasteiger partial charge in [-0.15, -0.1) is 0 Å². The van der Waals surface area contributed by atoms with Crippen LogP contribution in [0.15, 0.2) is 24.3 Å². The van der Waals surface area contributed by atoms with Gasteiger partial charge in [-0.1, -0.05) is 6.92 Å². The van der Waals surface area contributed by atoms with E-state index >= 15 is 0 Å². The molecule has 17 nitrogen and oxygen atoms in total. The lowest BCUT2D eigenvalue weighted by Gasteiger charge is -2.22. The Bertz CT molecular complexity index is 1630. The van der Waals surface area contributed by atoms with Crippen molar-refractivity contribution in [3.05, 3.63) is 55.6 Å². The Morgan fingerprint density at radius 1 is 0.784 bits per heavy atom. The molecule has 1 saturated carbocycles. The highest BCUT2D eigenvalue weighted by atomic mass is 16.6. The second-order valence-electron chi connectivity index (χ2n) is 12.7. The summed E-state index contributed by atoms with van der Waals surface area (Å²) in [5, 5.41) is 43.8. The molecule has 0 spiro atoms. The third-order valence-corrected chi connectivity index (χ3v) is 9.28. The SMILES string of the molecule is COC(=O)C1CC(O)CN1C(=O)c1cc(OC)c(OCCCCCOc2cc([N+](=O)[O-])c(C(=O)CC3CC(O)CC3C)cc2OC)cc1[N+](=O)[O-]. The van der Waals surface area contributed by atoms with Crippen LogP contribution in [0.1, 0.15) is 72.6 Å². The lowest BCUT2D eigenvalue weighted by molar-refractivity contribution is -0.385. The molecule has 5 atom stereocenters. The number of hydrogen-bond donors (Lipinski definition) is 2. The summed E-state index contributed by atoms with van der Waals surface area (Å²) >= 11 is 0. The number of carbonyl (C=O) groups is 3. The topological polar surface area (TPSA) is 227 Å².